The van der Waals surface area contributed by atoms with Crippen LogP contribution in [-0.2, 0) is 16.1 Å². The van der Waals surface area contributed by atoms with Gasteiger partial charge in [0.15, 0.2) is 11.6 Å². The molecule has 1 heterocycles. The van der Waals surface area contributed by atoms with E-state index in [1.807, 2.05) is 0 Å². The van der Waals surface area contributed by atoms with Crippen molar-refractivity contribution in [1.82, 2.24) is 5.32 Å². The number of nitrogens with zero attached hydrogens (tertiary/aromatic N) is 1. The molecule has 1 fully saturated rings. The molecule has 148 valence electrons. The molecule has 1 saturated heterocycles. The van der Waals surface area contributed by atoms with Gasteiger partial charge >= 0.3 is 6.09 Å². The minimum atomic E-state index is -1.26. The highest BCUT2D eigenvalue weighted by Gasteiger charge is 2.33. The molecule has 1 N–H and O–H groups in total. The molecule has 9 heteroatoms. The number of halogens is 3. The first kappa shape index (κ1) is 19.5. The Kier molecular flexibility index (Phi) is 5.72. The van der Waals surface area contributed by atoms with E-state index >= 15 is 0 Å². The fourth-order valence-electron chi connectivity index (χ4n) is 2.77. The monoisotopic (exact) mass is 394 g/mol. The van der Waals surface area contributed by atoms with Crippen molar-refractivity contribution in [3.63, 3.8) is 0 Å². The fourth-order valence-corrected chi connectivity index (χ4v) is 2.77. The summed E-state index contributed by atoms with van der Waals surface area (Å²) in [6, 6.07) is 7.58. The van der Waals surface area contributed by atoms with Crippen molar-refractivity contribution >= 4 is 17.7 Å². The van der Waals surface area contributed by atoms with Crippen LogP contribution in [0.15, 0.2) is 36.4 Å². The lowest BCUT2D eigenvalue weighted by Crippen LogP contribution is -2.29. The van der Waals surface area contributed by atoms with Gasteiger partial charge in [0, 0.05) is 24.4 Å². The zero-order chi connectivity index (χ0) is 20.3. The van der Waals surface area contributed by atoms with Crippen molar-refractivity contribution in [2.24, 2.45) is 0 Å². The molecule has 1 atom stereocenters. The molecule has 1 aliphatic rings. The molecular formula is C19H17F3N2O4. The Balaban J connectivity index is 1.62. The lowest BCUT2D eigenvalue weighted by Gasteiger charge is -2.17. The van der Waals surface area contributed by atoms with E-state index in [1.54, 1.807) is 24.3 Å². The molecule has 2 aromatic rings. The lowest BCUT2D eigenvalue weighted by atomic mass is 10.2. The minimum absolute atomic E-state index is 0.0844. The van der Waals surface area contributed by atoms with Crippen LogP contribution in [0.3, 0.4) is 0 Å². The SMILES string of the molecule is CNC(=O)OC1CC(=O)N(c2ccc(OCc3cc(F)c(F)cc3F)cc2)C1. The topological polar surface area (TPSA) is 67.9 Å². The van der Waals surface area contributed by atoms with Crippen molar-refractivity contribution < 1.29 is 32.2 Å². The van der Waals surface area contributed by atoms with E-state index in [0.717, 1.165) is 6.07 Å². The van der Waals surface area contributed by atoms with Crippen molar-refractivity contribution in [3.8, 4) is 5.75 Å². The van der Waals surface area contributed by atoms with Gasteiger partial charge in [-0.3, -0.25) is 4.79 Å². The molecule has 0 aromatic heterocycles. The van der Waals surface area contributed by atoms with Crippen molar-refractivity contribution in [2.75, 3.05) is 18.5 Å². The number of benzene rings is 2. The Bertz CT molecular complexity index is 889. The van der Waals surface area contributed by atoms with Crippen LogP contribution in [0.4, 0.5) is 23.7 Å². The number of carbonyl (C=O) groups is 2. The van der Waals surface area contributed by atoms with E-state index < -0.39 is 29.6 Å². The second kappa shape index (κ2) is 8.20. The molecule has 0 radical (unpaired) electrons. The van der Waals surface area contributed by atoms with E-state index in [-0.39, 0.29) is 31.0 Å². The molecule has 2 amide bonds. The molecule has 1 aliphatic heterocycles. The van der Waals surface area contributed by atoms with Gasteiger partial charge in [0.1, 0.15) is 24.3 Å². The van der Waals surface area contributed by atoms with Gasteiger partial charge in [-0.05, 0) is 30.3 Å². The summed E-state index contributed by atoms with van der Waals surface area (Å²) in [5.74, 6) is -3.15. The molecule has 28 heavy (non-hydrogen) atoms. The third kappa shape index (κ3) is 4.36. The van der Waals surface area contributed by atoms with E-state index in [9.17, 15) is 22.8 Å². The van der Waals surface area contributed by atoms with Crippen molar-refractivity contribution in [1.29, 1.82) is 0 Å². The van der Waals surface area contributed by atoms with Crippen LogP contribution >= 0.6 is 0 Å². The van der Waals surface area contributed by atoms with Gasteiger partial charge < -0.3 is 19.7 Å². The largest absolute Gasteiger partial charge is 0.489 e. The molecular weight excluding hydrogens is 377 g/mol. The highest BCUT2D eigenvalue weighted by atomic mass is 19.2. The number of alkyl carbamates (subject to hydrolysis) is 1. The van der Waals surface area contributed by atoms with Crippen LogP contribution in [0.1, 0.15) is 12.0 Å². The molecule has 0 spiro atoms. The first-order valence-electron chi connectivity index (χ1n) is 8.42. The van der Waals surface area contributed by atoms with Crippen LogP contribution < -0.4 is 15.0 Å². The van der Waals surface area contributed by atoms with Gasteiger partial charge in [0.25, 0.3) is 0 Å². The molecule has 0 aliphatic carbocycles. The predicted molar refractivity (Wildman–Crippen MR) is 93.4 cm³/mol. The second-order valence-corrected chi connectivity index (χ2v) is 6.13. The number of amides is 2. The predicted octanol–water partition coefficient (Wildman–Crippen LogP) is 3.14. The molecule has 0 bridgehead atoms. The maximum Gasteiger partial charge on any atom is 0.407 e. The first-order chi connectivity index (χ1) is 13.4. The van der Waals surface area contributed by atoms with Gasteiger partial charge in [-0.2, -0.15) is 0 Å². The zero-order valence-electron chi connectivity index (χ0n) is 14.9. The number of anilines is 1. The number of carbonyl (C=O) groups excluding carboxylic acids is 2. The zero-order valence-corrected chi connectivity index (χ0v) is 14.9. The number of rotatable bonds is 5. The normalized spacial score (nSPS) is 16.2. The summed E-state index contributed by atoms with van der Waals surface area (Å²) < 4.78 is 50.3. The van der Waals surface area contributed by atoms with E-state index in [4.69, 9.17) is 9.47 Å². The molecule has 0 saturated carbocycles. The van der Waals surface area contributed by atoms with E-state index in [0.29, 0.717) is 17.5 Å². The van der Waals surface area contributed by atoms with E-state index in [1.165, 1.54) is 11.9 Å². The number of ether oxygens (including phenoxy) is 2. The number of nitrogens with one attached hydrogen (secondary N) is 1. The summed E-state index contributed by atoms with van der Waals surface area (Å²) in [6.45, 7) is -0.0560. The average Bonchev–Trinajstić information content (AvgIpc) is 3.04. The lowest BCUT2D eigenvalue weighted by molar-refractivity contribution is -0.117. The summed E-state index contributed by atoms with van der Waals surface area (Å²) in [5, 5.41) is 2.33. The second-order valence-electron chi connectivity index (χ2n) is 6.13. The van der Waals surface area contributed by atoms with Gasteiger partial charge in [0.05, 0.1) is 13.0 Å². The Morgan fingerprint density at radius 1 is 1.14 bits per heavy atom. The van der Waals surface area contributed by atoms with Gasteiger partial charge in [0.2, 0.25) is 5.91 Å². The maximum absolute atomic E-state index is 13.6. The Hall–Kier alpha value is -3.23. The average molecular weight is 394 g/mol. The minimum Gasteiger partial charge on any atom is -0.489 e. The number of hydrogen-bond donors (Lipinski definition) is 1. The van der Waals surface area contributed by atoms with Crippen LogP contribution in [0.5, 0.6) is 5.75 Å². The van der Waals surface area contributed by atoms with Crippen LogP contribution in [0.2, 0.25) is 0 Å². The third-order valence-electron chi connectivity index (χ3n) is 4.20. The van der Waals surface area contributed by atoms with Crippen molar-refractivity contribution in [2.45, 2.75) is 19.1 Å². The van der Waals surface area contributed by atoms with Gasteiger partial charge in [-0.1, -0.05) is 0 Å². The maximum atomic E-state index is 13.6. The Morgan fingerprint density at radius 3 is 2.50 bits per heavy atom. The summed E-state index contributed by atoms with van der Waals surface area (Å²) in [5.41, 5.74) is 0.464. The molecule has 1 unspecified atom stereocenters. The van der Waals surface area contributed by atoms with Crippen LogP contribution in [-0.4, -0.2) is 31.7 Å². The highest BCUT2D eigenvalue weighted by Crippen LogP contribution is 2.26. The van der Waals surface area contributed by atoms with Gasteiger partial charge in [-0.25, -0.2) is 18.0 Å². The fraction of sp³-hybridized carbons (Fsp3) is 0.263. The van der Waals surface area contributed by atoms with Crippen LogP contribution in [0, 0.1) is 17.5 Å². The summed E-state index contributed by atoms with van der Waals surface area (Å²) in [7, 11) is 1.43. The first-order valence-corrected chi connectivity index (χ1v) is 8.42. The Morgan fingerprint density at radius 2 is 1.82 bits per heavy atom. The molecule has 2 aromatic carbocycles. The van der Waals surface area contributed by atoms with Crippen LogP contribution in [0.25, 0.3) is 0 Å². The summed E-state index contributed by atoms with van der Waals surface area (Å²) in [6.07, 6.45) is -1.06. The van der Waals surface area contributed by atoms with E-state index in [2.05, 4.69) is 5.32 Å². The van der Waals surface area contributed by atoms with Gasteiger partial charge in [-0.15, -0.1) is 0 Å². The highest BCUT2D eigenvalue weighted by molar-refractivity contribution is 5.96. The quantitative estimate of drug-likeness (QED) is 0.792. The molecule has 3 rings (SSSR count). The Labute approximate surface area is 158 Å². The summed E-state index contributed by atoms with van der Waals surface area (Å²) in [4.78, 5) is 24.9. The summed E-state index contributed by atoms with van der Waals surface area (Å²) >= 11 is 0. The third-order valence-corrected chi connectivity index (χ3v) is 4.20. The van der Waals surface area contributed by atoms with Crippen molar-refractivity contribution in [3.05, 3.63) is 59.4 Å². The number of hydrogen-bond acceptors (Lipinski definition) is 4. The molecule has 6 nitrogen and oxygen atoms in total. The standard InChI is InChI=1S/C19H17F3N2O4/c1-23-19(26)28-14-7-18(25)24(9-14)12-2-4-13(5-3-12)27-10-11-6-16(21)17(22)8-15(11)20/h2-6,8,14H,7,9-10H2,1H3,(H,23,26). The smallest absolute Gasteiger partial charge is 0.407 e.